The van der Waals surface area contributed by atoms with Crippen molar-refractivity contribution >= 4 is 18.3 Å². The zero-order chi connectivity index (χ0) is 22.5. The molecule has 1 saturated heterocycles. The molecule has 1 aromatic carbocycles. The lowest BCUT2D eigenvalue weighted by Gasteiger charge is -2.37. The van der Waals surface area contributed by atoms with Crippen molar-refractivity contribution in [3.8, 4) is 11.5 Å². The number of hydrogen-bond donors (Lipinski definition) is 0. The number of halogens is 1. The molecule has 0 aliphatic carbocycles. The van der Waals surface area contributed by atoms with Crippen molar-refractivity contribution in [3.05, 3.63) is 47.5 Å². The van der Waals surface area contributed by atoms with E-state index in [0.717, 1.165) is 73.8 Å². The van der Waals surface area contributed by atoms with Crippen molar-refractivity contribution in [2.24, 2.45) is 5.92 Å². The molecule has 180 valence electrons. The fourth-order valence-corrected chi connectivity index (χ4v) is 4.71. The quantitative estimate of drug-likeness (QED) is 0.632. The third-order valence-electron chi connectivity index (χ3n) is 6.46. The first-order valence-corrected chi connectivity index (χ1v) is 11.7. The molecule has 1 amide bonds. The second kappa shape index (κ2) is 11.7. The van der Waals surface area contributed by atoms with E-state index < -0.39 is 0 Å². The number of fused-ring (bicyclic) bond motifs is 1. The Morgan fingerprint density at radius 3 is 2.73 bits per heavy atom. The summed E-state index contributed by atoms with van der Waals surface area (Å²) < 4.78 is 11.9. The van der Waals surface area contributed by atoms with E-state index in [2.05, 4.69) is 21.8 Å². The number of rotatable bonds is 6. The lowest BCUT2D eigenvalue weighted by atomic mass is 9.91. The van der Waals surface area contributed by atoms with Crippen LogP contribution in [-0.4, -0.2) is 58.5 Å². The van der Waals surface area contributed by atoms with Crippen LogP contribution < -0.4 is 9.47 Å². The number of amides is 1. The Bertz CT molecular complexity index is 924. The first-order valence-electron chi connectivity index (χ1n) is 11.7. The molecule has 0 spiro atoms. The van der Waals surface area contributed by atoms with Crippen LogP contribution in [0.2, 0.25) is 0 Å². The van der Waals surface area contributed by atoms with E-state index in [4.69, 9.17) is 9.47 Å². The highest BCUT2D eigenvalue weighted by atomic mass is 35.5. The number of ether oxygens (including phenoxy) is 2. The number of carbonyl (C=O) groups excluding carboxylic acids is 1. The van der Waals surface area contributed by atoms with Crippen LogP contribution in [0.3, 0.4) is 0 Å². The number of aromatic nitrogens is 2. The maximum atomic E-state index is 12.3. The Morgan fingerprint density at radius 1 is 1.24 bits per heavy atom. The Labute approximate surface area is 202 Å². The summed E-state index contributed by atoms with van der Waals surface area (Å²) in [7, 11) is 1.66. The largest absolute Gasteiger partial charge is 0.497 e. The number of aryl methyl sites for hydroxylation is 1. The molecule has 1 aromatic heterocycles. The Balaban J connectivity index is 0.00000306. The van der Waals surface area contributed by atoms with Gasteiger partial charge in [-0.1, -0.05) is 6.92 Å². The van der Waals surface area contributed by atoms with Crippen molar-refractivity contribution in [2.45, 2.75) is 58.7 Å². The number of likely N-dealkylation sites (tertiary alicyclic amines) is 1. The Hall–Kier alpha value is -2.38. The molecule has 1 fully saturated rings. The lowest BCUT2D eigenvalue weighted by molar-refractivity contribution is -0.130. The summed E-state index contributed by atoms with van der Waals surface area (Å²) >= 11 is 0. The predicted molar refractivity (Wildman–Crippen MR) is 130 cm³/mol. The molecule has 2 aliphatic rings. The molecule has 2 unspecified atom stereocenters. The Morgan fingerprint density at radius 2 is 2.03 bits per heavy atom. The van der Waals surface area contributed by atoms with Crippen LogP contribution >= 0.6 is 12.4 Å². The van der Waals surface area contributed by atoms with Crippen LogP contribution in [0, 0.1) is 5.92 Å². The van der Waals surface area contributed by atoms with Gasteiger partial charge in [-0.25, -0.2) is 9.97 Å². The molecule has 4 rings (SSSR count). The van der Waals surface area contributed by atoms with Crippen LogP contribution in [0.25, 0.3) is 0 Å². The molecular weight excluding hydrogens is 440 g/mol. The first-order chi connectivity index (χ1) is 15.6. The van der Waals surface area contributed by atoms with Gasteiger partial charge < -0.3 is 14.4 Å². The van der Waals surface area contributed by atoms with Crippen molar-refractivity contribution in [1.82, 2.24) is 19.8 Å². The maximum absolute atomic E-state index is 12.3. The molecule has 2 aliphatic heterocycles. The van der Waals surface area contributed by atoms with E-state index in [1.54, 1.807) is 14.0 Å². The van der Waals surface area contributed by atoms with Gasteiger partial charge in [0.25, 0.3) is 0 Å². The summed E-state index contributed by atoms with van der Waals surface area (Å²) in [5.41, 5.74) is 2.15. The van der Waals surface area contributed by atoms with Crippen LogP contribution in [0.1, 0.15) is 50.1 Å². The molecule has 2 atom stereocenters. The van der Waals surface area contributed by atoms with Gasteiger partial charge in [-0.15, -0.1) is 12.4 Å². The SMILES string of the molecule is CCCc1ncc(CN2CCCC(C3CN(C(C)=O)Cc4cc(OC)ccc4O3)C2)cn1.Cl. The highest BCUT2D eigenvalue weighted by molar-refractivity contribution is 5.85. The van der Waals surface area contributed by atoms with E-state index in [9.17, 15) is 4.79 Å². The third-order valence-corrected chi connectivity index (χ3v) is 6.46. The number of methoxy groups -OCH3 is 1. The van der Waals surface area contributed by atoms with Crippen LogP contribution in [-0.2, 0) is 24.3 Å². The van der Waals surface area contributed by atoms with E-state index in [1.807, 2.05) is 35.5 Å². The summed E-state index contributed by atoms with van der Waals surface area (Å²) in [6, 6.07) is 5.87. The minimum atomic E-state index is -0.0282. The van der Waals surface area contributed by atoms with E-state index >= 15 is 0 Å². The summed E-state index contributed by atoms with van der Waals surface area (Å²) in [5.74, 6) is 2.99. The molecule has 33 heavy (non-hydrogen) atoms. The van der Waals surface area contributed by atoms with E-state index in [1.165, 1.54) is 0 Å². The number of carbonyl (C=O) groups is 1. The molecule has 2 aromatic rings. The molecular formula is C25H35ClN4O3. The van der Waals surface area contributed by atoms with Gasteiger partial charge in [-0.2, -0.15) is 0 Å². The first kappa shape index (κ1) is 25.2. The molecule has 0 bridgehead atoms. The molecule has 8 heteroatoms. The van der Waals surface area contributed by atoms with Gasteiger partial charge in [-0.3, -0.25) is 9.69 Å². The fourth-order valence-electron chi connectivity index (χ4n) is 4.71. The molecule has 0 N–H and O–H groups in total. The van der Waals surface area contributed by atoms with Gasteiger partial charge in [0.2, 0.25) is 5.91 Å². The van der Waals surface area contributed by atoms with Crippen molar-refractivity contribution in [1.29, 1.82) is 0 Å². The number of benzene rings is 1. The number of piperidine rings is 1. The van der Waals surface area contributed by atoms with Crippen molar-refractivity contribution < 1.29 is 14.3 Å². The highest BCUT2D eigenvalue weighted by Crippen LogP contribution is 2.33. The van der Waals surface area contributed by atoms with Gasteiger partial charge in [0, 0.05) is 62.4 Å². The molecule has 7 nitrogen and oxygen atoms in total. The van der Waals surface area contributed by atoms with Gasteiger partial charge in [0.15, 0.2) is 0 Å². The summed E-state index contributed by atoms with van der Waals surface area (Å²) in [4.78, 5) is 25.7. The predicted octanol–water partition coefficient (Wildman–Crippen LogP) is 3.88. The third kappa shape index (κ3) is 6.36. The minimum absolute atomic E-state index is 0. The van der Waals surface area contributed by atoms with Crippen LogP contribution in [0.5, 0.6) is 11.5 Å². The second-order valence-corrected chi connectivity index (χ2v) is 8.92. The average molecular weight is 475 g/mol. The average Bonchev–Trinajstić information content (AvgIpc) is 3.00. The van der Waals surface area contributed by atoms with Crippen LogP contribution in [0.4, 0.5) is 0 Å². The van der Waals surface area contributed by atoms with Gasteiger partial charge in [-0.05, 0) is 44.0 Å². The van der Waals surface area contributed by atoms with Gasteiger partial charge in [0.1, 0.15) is 23.4 Å². The maximum Gasteiger partial charge on any atom is 0.219 e. The summed E-state index contributed by atoms with van der Waals surface area (Å²) in [6.07, 6.45) is 8.10. The zero-order valence-electron chi connectivity index (χ0n) is 19.8. The monoisotopic (exact) mass is 474 g/mol. The zero-order valence-corrected chi connectivity index (χ0v) is 20.6. The smallest absolute Gasteiger partial charge is 0.219 e. The van der Waals surface area contributed by atoms with E-state index in [-0.39, 0.29) is 24.4 Å². The highest BCUT2D eigenvalue weighted by Gasteiger charge is 2.33. The summed E-state index contributed by atoms with van der Waals surface area (Å²) in [5, 5.41) is 0. The molecule has 0 radical (unpaired) electrons. The lowest BCUT2D eigenvalue weighted by Crippen LogP contribution is -2.46. The Kier molecular flexibility index (Phi) is 8.92. The number of hydrogen-bond acceptors (Lipinski definition) is 6. The summed E-state index contributed by atoms with van der Waals surface area (Å²) in [6.45, 7) is 7.79. The van der Waals surface area contributed by atoms with Gasteiger partial charge in [0.05, 0.1) is 13.7 Å². The normalized spacial score (nSPS) is 20.8. The second-order valence-electron chi connectivity index (χ2n) is 8.92. The van der Waals surface area contributed by atoms with Crippen molar-refractivity contribution in [3.63, 3.8) is 0 Å². The fraction of sp³-hybridized carbons (Fsp3) is 0.560. The standard InChI is InChI=1S/C25H34N4O3.ClH/c1-4-6-25-26-12-19(13-27-25)14-28-10-5-7-20(15-28)24-17-29(18(2)30)16-21-11-22(31-3)8-9-23(21)32-24;/h8-9,11-13,20,24H,4-7,10,14-17H2,1-3H3;1H. The van der Waals surface area contributed by atoms with Crippen molar-refractivity contribution in [2.75, 3.05) is 26.7 Å². The van der Waals surface area contributed by atoms with E-state index in [0.29, 0.717) is 19.0 Å². The minimum Gasteiger partial charge on any atom is -0.497 e. The van der Waals surface area contributed by atoms with Crippen LogP contribution in [0.15, 0.2) is 30.6 Å². The molecule has 3 heterocycles. The van der Waals surface area contributed by atoms with Gasteiger partial charge >= 0.3 is 0 Å². The topological polar surface area (TPSA) is 67.8 Å². The molecule has 0 saturated carbocycles. The number of nitrogens with zero attached hydrogens (tertiary/aromatic N) is 4.